The van der Waals surface area contributed by atoms with Crippen LogP contribution in [0, 0.1) is 0 Å². The molecule has 1 atom stereocenters. The first-order chi connectivity index (χ1) is 3.65. The van der Waals surface area contributed by atoms with Gasteiger partial charge in [0.2, 0.25) is 0 Å². The average molecular weight is 138 g/mol. The Kier molecular flexibility index (Phi) is 14.1. The van der Waals surface area contributed by atoms with Gasteiger partial charge in [0, 0.05) is 6.66 Å². The van der Waals surface area contributed by atoms with E-state index >= 15 is 0 Å². The number of hydrogen-bond acceptors (Lipinski definition) is 1. The van der Waals surface area contributed by atoms with Crippen LogP contribution in [0.15, 0.2) is 0 Å². The summed E-state index contributed by atoms with van der Waals surface area (Å²) in [5.74, 6) is 0. The lowest BCUT2D eigenvalue weighted by Gasteiger charge is -1.68. The third-order valence-corrected chi connectivity index (χ3v) is 0.500. The van der Waals surface area contributed by atoms with Crippen LogP contribution in [0.25, 0.3) is 0 Å². The maximum Gasteiger partial charge on any atom is 0.186 e. The second-order valence-corrected chi connectivity index (χ2v) is 2.56. The number of unbranched alkanes of at least 4 members (excludes halogenated alkanes) is 1. The summed E-state index contributed by atoms with van der Waals surface area (Å²) in [6, 6.07) is 0. The zero-order valence-electron chi connectivity index (χ0n) is 5.77. The predicted molar refractivity (Wildman–Crippen MR) is 37.7 cm³/mol. The second kappa shape index (κ2) is 10.2. The Hall–Kier alpha value is 0.190. The first-order valence-corrected chi connectivity index (χ1v) is 4.70. The molecule has 0 saturated carbocycles. The van der Waals surface area contributed by atoms with Gasteiger partial charge in [0.1, 0.15) is 0 Å². The summed E-state index contributed by atoms with van der Waals surface area (Å²) in [5, 5.41) is 0. The van der Waals surface area contributed by atoms with Crippen LogP contribution in [0.2, 0.25) is 0 Å². The van der Waals surface area contributed by atoms with E-state index in [9.17, 15) is 4.57 Å². The van der Waals surface area contributed by atoms with Gasteiger partial charge < -0.3 is 4.89 Å². The van der Waals surface area contributed by atoms with Crippen LogP contribution >= 0.6 is 8.03 Å². The van der Waals surface area contributed by atoms with Crippen molar-refractivity contribution in [2.45, 2.75) is 26.7 Å². The van der Waals surface area contributed by atoms with E-state index in [1.165, 1.54) is 19.5 Å². The Balaban J connectivity index is 0. The molecule has 0 fully saturated rings. The van der Waals surface area contributed by atoms with Gasteiger partial charge in [-0.15, -0.1) is 0 Å². The fourth-order valence-electron chi connectivity index (χ4n) is 0. The molecule has 0 aromatic rings. The van der Waals surface area contributed by atoms with Gasteiger partial charge in [-0.1, -0.05) is 26.7 Å². The van der Waals surface area contributed by atoms with Gasteiger partial charge in [-0.25, -0.2) is 0 Å². The van der Waals surface area contributed by atoms with Crippen molar-refractivity contribution < 1.29 is 9.46 Å². The van der Waals surface area contributed by atoms with Crippen molar-refractivity contribution >= 4 is 8.03 Å². The van der Waals surface area contributed by atoms with E-state index in [0.29, 0.717) is 0 Å². The number of rotatable bonds is 1. The van der Waals surface area contributed by atoms with Gasteiger partial charge >= 0.3 is 0 Å². The molecule has 0 bridgehead atoms. The van der Waals surface area contributed by atoms with E-state index in [0.717, 1.165) is 0 Å². The summed E-state index contributed by atoms with van der Waals surface area (Å²) in [6.07, 6.45) is 2.64. The van der Waals surface area contributed by atoms with Crippen LogP contribution in [0.3, 0.4) is 0 Å². The van der Waals surface area contributed by atoms with Gasteiger partial charge in [-0.05, 0) is 0 Å². The molecular weight excluding hydrogens is 123 g/mol. The van der Waals surface area contributed by atoms with E-state index in [-0.39, 0.29) is 0 Å². The second-order valence-electron chi connectivity index (χ2n) is 1.52. The summed E-state index contributed by atoms with van der Waals surface area (Å²) in [4.78, 5) is 7.60. The molecule has 0 spiro atoms. The average Bonchev–Trinajstić information content (AvgIpc) is 1.65. The van der Waals surface area contributed by atoms with Gasteiger partial charge in [0.05, 0.1) is 0 Å². The largest absolute Gasteiger partial charge is 0.346 e. The van der Waals surface area contributed by atoms with Crippen molar-refractivity contribution in [2.24, 2.45) is 0 Å². The SMILES string of the molecule is CCCC.C[PH](=O)O. The van der Waals surface area contributed by atoms with Gasteiger partial charge in [-0.2, -0.15) is 0 Å². The summed E-state index contributed by atoms with van der Waals surface area (Å²) in [7, 11) is -2.13. The fourth-order valence-corrected chi connectivity index (χ4v) is 0. The van der Waals surface area contributed by atoms with Crippen LogP contribution < -0.4 is 0 Å². The number of hydrogen-bond donors (Lipinski definition) is 1. The molecule has 52 valence electrons. The van der Waals surface area contributed by atoms with Crippen molar-refractivity contribution in [3.8, 4) is 0 Å². The normalized spacial score (nSPS) is 11.5. The maximum atomic E-state index is 9.19. The van der Waals surface area contributed by atoms with Crippen LogP contribution in [0.5, 0.6) is 0 Å². The molecule has 0 amide bonds. The zero-order valence-corrected chi connectivity index (χ0v) is 6.77. The molecule has 1 unspecified atom stereocenters. The van der Waals surface area contributed by atoms with E-state index < -0.39 is 8.03 Å². The molecule has 3 heteroatoms. The molecule has 0 aromatic heterocycles. The molecule has 0 aliphatic carbocycles. The zero-order chi connectivity index (χ0) is 6.99. The maximum absolute atomic E-state index is 9.19. The monoisotopic (exact) mass is 138 g/mol. The van der Waals surface area contributed by atoms with E-state index in [2.05, 4.69) is 13.8 Å². The lowest BCUT2D eigenvalue weighted by Crippen LogP contribution is -1.47. The van der Waals surface area contributed by atoms with Crippen LogP contribution in [0.4, 0.5) is 0 Å². The van der Waals surface area contributed by atoms with E-state index in [1.807, 2.05) is 0 Å². The molecular formula is C5H15O2P. The first kappa shape index (κ1) is 11.0. The lowest BCUT2D eigenvalue weighted by molar-refractivity contribution is 0.509. The smallest absolute Gasteiger partial charge is 0.186 e. The highest BCUT2D eigenvalue weighted by Gasteiger charge is 1.60. The molecule has 2 nitrogen and oxygen atoms in total. The van der Waals surface area contributed by atoms with Gasteiger partial charge in [0.25, 0.3) is 0 Å². The van der Waals surface area contributed by atoms with Crippen molar-refractivity contribution in [2.75, 3.05) is 6.66 Å². The predicted octanol–water partition coefficient (Wildman–Crippen LogP) is 1.89. The highest BCUT2D eigenvalue weighted by atomic mass is 31.1. The summed E-state index contributed by atoms with van der Waals surface area (Å²) >= 11 is 0. The van der Waals surface area contributed by atoms with Crippen LogP contribution in [0.1, 0.15) is 26.7 Å². The Morgan fingerprint density at radius 3 is 1.50 bits per heavy atom. The molecule has 0 radical (unpaired) electrons. The van der Waals surface area contributed by atoms with Crippen molar-refractivity contribution in [3.05, 3.63) is 0 Å². The summed E-state index contributed by atoms with van der Waals surface area (Å²) in [5.41, 5.74) is 0. The Morgan fingerprint density at radius 2 is 1.50 bits per heavy atom. The lowest BCUT2D eigenvalue weighted by atomic mass is 10.4. The first-order valence-electron chi connectivity index (χ1n) is 2.84. The molecule has 1 N–H and O–H groups in total. The standard InChI is InChI=1S/C4H10.CH5O2P/c1-3-4-2;1-4(2)3/h3-4H2,1-2H3;4H,1H3,(H,2,3). The highest BCUT2D eigenvalue weighted by molar-refractivity contribution is 7.36. The van der Waals surface area contributed by atoms with E-state index in [4.69, 9.17) is 4.89 Å². The molecule has 0 saturated heterocycles. The Labute approximate surface area is 51.8 Å². The fraction of sp³-hybridized carbons (Fsp3) is 1.00. The quantitative estimate of drug-likeness (QED) is 0.562. The molecule has 0 heterocycles. The summed E-state index contributed by atoms with van der Waals surface area (Å²) in [6.45, 7) is 5.63. The third kappa shape index (κ3) is 118. The van der Waals surface area contributed by atoms with Crippen molar-refractivity contribution in [1.82, 2.24) is 0 Å². The minimum atomic E-state index is -2.13. The van der Waals surface area contributed by atoms with Gasteiger partial charge in [-0.3, -0.25) is 4.57 Å². The minimum Gasteiger partial charge on any atom is -0.346 e. The summed E-state index contributed by atoms with van der Waals surface area (Å²) < 4.78 is 9.19. The molecule has 0 aliphatic rings. The van der Waals surface area contributed by atoms with Crippen molar-refractivity contribution in [3.63, 3.8) is 0 Å². The van der Waals surface area contributed by atoms with Crippen LogP contribution in [-0.2, 0) is 4.57 Å². The van der Waals surface area contributed by atoms with E-state index in [1.54, 1.807) is 0 Å². The van der Waals surface area contributed by atoms with Crippen LogP contribution in [-0.4, -0.2) is 11.6 Å². The third-order valence-electron chi connectivity index (χ3n) is 0.500. The highest BCUT2D eigenvalue weighted by Crippen LogP contribution is 1.99. The Bertz CT molecular complexity index is 48.4. The molecule has 0 rings (SSSR count). The minimum absolute atomic E-state index is 1.27. The van der Waals surface area contributed by atoms with Gasteiger partial charge in [0.15, 0.2) is 8.03 Å². The topological polar surface area (TPSA) is 37.3 Å². The molecule has 0 aliphatic heterocycles. The van der Waals surface area contributed by atoms with Crippen molar-refractivity contribution in [1.29, 1.82) is 0 Å². The molecule has 8 heavy (non-hydrogen) atoms. The molecule has 0 aromatic carbocycles. The Morgan fingerprint density at radius 1 is 1.38 bits per heavy atom.